The Balaban J connectivity index is 0.000000107. The number of hydrogen-bond donors (Lipinski definition) is 0. The van der Waals surface area contributed by atoms with Crippen molar-refractivity contribution in [2.24, 2.45) is 71.0 Å². The molecule has 0 saturated heterocycles. The summed E-state index contributed by atoms with van der Waals surface area (Å²) < 4.78 is 45.7. The molecule has 0 atom stereocenters. The second kappa shape index (κ2) is 17.2. The van der Waals surface area contributed by atoms with Crippen molar-refractivity contribution < 1.29 is 41.2 Å². The highest BCUT2D eigenvalue weighted by molar-refractivity contribution is 7.89. The van der Waals surface area contributed by atoms with Crippen LogP contribution < -0.4 is 0 Å². The van der Waals surface area contributed by atoms with Gasteiger partial charge in [0.1, 0.15) is 16.8 Å². The minimum Gasteiger partial charge on any atom is -0.456 e. The van der Waals surface area contributed by atoms with Crippen molar-refractivity contribution in [2.75, 3.05) is 0 Å². The largest absolute Gasteiger partial charge is 0.456 e. The van der Waals surface area contributed by atoms with Crippen LogP contribution in [0, 0.1) is 71.0 Å². The van der Waals surface area contributed by atoms with Gasteiger partial charge < -0.3 is 14.2 Å². The first-order valence-corrected chi connectivity index (χ1v) is 26.5. The van der Waals surface area contributed by atoms with Gasteiger partial charge in [-0.25, -0.2) is 14.4 Å². The van der Waals surface area contributed by atoms with Crippen molar-refractivity contribution in [1.82, 2.24) is 0 Å². The Kier molecular flexibility index (Phi) is 12.4. The average molecular weight is 889 g/mol. The first-order chi connectivity index (χ1) is 29.8. The van der Waals surface area contributed by atoms with E-state index >= 15 is 0 Å². The van der Waals surface area contributed by atoms with Gasteiger partial charge in [-0.15, -0.1) is 0 Å². The number of carbonyl (C=O) groups excluding carboxylic acids is 3. The molecule has 16 saturated carbocycles. The van der Waals surface area contributed by atoms with Crippen LogP contribution in [0.2, 0.25) is 0 Å². The zero-order chi connectivity index (χ0) is 44.5. The van der Waals surface area contributed by atoms with Crippen molar-refractivity contribution >= 4 is 28.0 Å². The predicted molar refractivity (Wildman–Crippen MR) is 242 cm³/mol. The van der Waals surface area contributed by atoms with Crippen molar-refractivity contribution in [3.8, 4) is 0 Å². The van der Waals surface area contributed by atoms with Crippen LogP contribution in [-0.2, 0) is 42.9 Å². The third-order valence-electron chi connectivity index (χ3n) is 18.2. The fraction of sp³-hybridized carbons (Fsp3) is 0.792. The summed E-state index contributed by atoms with van der Waals surface area (Å²) in [5, 5.41) is 0.936. The zero-order valence-corrected chi connectivity index (χ0v) is 39.3. The fourth-order valence-corrected chi connectivity index (χ4v) is 18.5. The van der Waals surface area contributed by atoms with E-state index in [1.165, 1.54) is 83.1 Å². The molecule has 0 aromatic heterocycles. The number of hydrogen-bond acceptors (Lipinski definition) is 9. The van der Waals surface area contributed by atoms with Gasteiger partial charge in [0.05, 0.1) is 11.0 Å². The molecule has 16 aliphatic carbocycles. The molecule has 0 unspecified atom stereocenters. The maximum atomic E-state index is 11.7. The van der Waals surface area contributed by atoms with Crippen LogP contribution in [0.1, 0.15) is 168 Å². The molecule has 63 heavy (non-hydrogen) atoms. The van der Waals surface area contributed by atoms with E-state index in [2.05, 4.69) is 26.3 Å². The van der Waals surface area contributed by atoms with Gasteiger partial charge in [0.2, 0.25) is 0 Å². The van der Waals surface area contributed by atoms with Crippen LogP contribution in [0.5, 0.6) is 0 Å². The first kappa shape index (κ1) is 45.4. The normalized spacial score (nSPS) is 45.3. The molecule has 9 nitrogen and oxygen atoms in total. The van der Waals surface area contributed by atoms with Gasteiger partial charge in [0, 0.05) is 17.2 Å². The highest BCUT2D eigenvalue weighted by atomic mass is 32.2. The zero-order valence-electron chi connectivity index (χ0n) is 38.5. The Morgan fingerprint density at radius 1 is 0.429 bits per heavy atom. The van der Waals surface area contributed by atoms with Crippen molar-refractivity contribution in [1.29, 1.82) is 0 Å². The molecular weight excluding hydrogens is 813 g/mol. The second-order valence-corrected chi connectivity index (χ2v) is 25.6. The summed E-state index contributed by atoms with van der Waals surface area (Å²) in [6, 6.07) is 0. The quantitative estimate of drug-likeness (QED) is 0.0963. The molecule has 0 amide bonds. The van der Waals surface area contributed by atoms with Crippen molar-refractivity contribution in [2.45, 2.75) is 190 Å². The second-order valence-electron chi connectivity index (χ2n) is 24.1. The first-order valence-electron chi connectivity index (χ1n) is 25.0. The van der Waals surface area contributed by atoms with Gasteiger partial charge in [0.15, 0.2) is 0 Å². The molecule has 16 rings (SSSR count). The minimum atomic E-state index is -3.52. The van der Waals surface area contributed by atoms with E-state index in [4.69, 9.17) is 18.4 Å². The van der Waals surface area contributed by atoms with Crippen LogP contribution >= 0.6 is 0 Å². The topological polar surface area (TPSA) is 122 Å². The molecular formula is C53H76O9S. The van der Waals surface area contributed by atoms with E-state index in [0.29, 0.717) is 28.9 Å². The lowest BCUT2D eigenvalue weighted by atomic mass is 9.54. The average Bonchev–Trinajstić information content (AvgIpc) is 3.15. The van der Waals surface area contributed by atoms with Gasteiger partial charge in [-0.1, -0.05) is 26.3 Å². The summed E-state index contributed by atoms with van der Waals surface area (Å²) >= 11 is 0. The number of rotatable bonds is 9. The Morgan fingerprint density at radius 3 is 0.857 bits per heavy atom. The molecule has 0 radical (unpaired) electrons. The molecule has 0 N–H and O–H groups in total. The van der Waals surface area contributed by atoms with Crippen LogP contribution in [0.25, 0.3) is 0 Å². The molecule has 0 spiro atoms. The predicted octanol–water partition coefficient (Wildman–Crippen LogP) is 11.3. The number of carbonyl (C=O) groups is 3. The van der Waals surface area contributed by atoms with Gasteiger partial charge in [-0.05, 0) is 239 Å². The molecule has 0 aromatic carbocycles. The van der Waals surface area contributed by atoms with E-state index in [-0.39, 0.29) is 40.3 Å². The van der Waals surface area contributed by atoms with E-state index in [1.54, 1.807) is 13.8 Å². The molecule has 348 valence electrons. The van der Waals surface area contributed by atoms with E-state index in [0.717, 1.165) is 136 Å². The number of esters is 3. The molecule has 16 fully saturated rings. The number of ether oxygens (including phenoxy) is 3. The van der Waals surface area contributed by atoms with Crippen LogP contribution in [-0.4, -0.2) is 48.7 Å². The molecule has 0 heterocycles. The van der Waals surface area contributed by atoms with Crippen LogP contribution in [0.4, 0.5) is 0 Å². The summed E-state index contributed by atoms with van der Waals surface area (Å²) in [5.74, 6) is 8.94. The summed E-state index contributed by atoms with van der Waals surface area (Å²) in [5.41, 5.74) is 0.392. The summed E-state index contributed by atoms with van der Waals surface area (Å²) in [6.07, 6.45) is 30.4. The Labute approximate surface area is 378 Å². The minimum absolute atomic E-state index is 0.0972. The van der Waals surface area contributed by atoms with Crippen molar-refractivity contribution in [3.05, 3.63) is 48.9 Å². The lowest BCUT2D eigenvalue weighted by Crippen LogP contribution is -2.52. The lowest BCUT2D eigenvalue weighted by Gasteiger charge is -2.55. The summed E-state index contributed by atoms with van der Waals surface area (Å²) in [6.45, 7) is 17.6. The fourth-order valence-electron chi connectivity index (χ4n) is 17.7. The van der Waals surface area contributed by atoms with E-state index < -0.39 is 10.1 Å². The smallest absolute Gasteiger partial charge is 0.333 e. The van der Waals surface area contributed by atoms with E-state index in [9.17, 15) is 22.8 Å². The highest BCUT2D eigenvalue weighted by Gasteiger charge is 2.56. The highest BCUT2D eigenvalue weighted by Crippen LogP contribution is 2.60. The van der Waals surface area contributed by atoms with Gasteiger partial charge in [-0.2, -0.15) is 8.42 Å². The van der Waals surface area contributed by atoms with E-state index in [1.807, 2.05) is 0 Å². The van der Waals surface area contributed by atoms with Gasteiger partial charge in [-0.3, -0.25) is 4.18 Å². The van der Waals surface area contributed by atoms with Crippen LogP contribution in [0.15, 0.2) is 48.9 Å². The Morgan fingerprint density at radius 2 is 0.651 bits per heavy atom. The van der Waals surface area contributed by atoms with Crippen LogP contribution in [0.3, 0.4) is 0 Å². The SMILES string of the molecule is C=C(C)C(=O)OC12CC3CC(CC(C3)C1)C2.C=C(C)C(=O)OC12CC3CC(CC(C3)C1)C2.C=CC(=O)OC12CC3CC(CC(C3)C1)C2.C=CS(=O)(=O)OC12CC3CC(CC(C3)C1)C2. The summed E-state index contributed by atoms with van der Waals surface area (Å²) in [7, 11) is -3.52. The molecule has 16 bridgehead atoms. The third kappa shape index (κ3) is 10.0. The van der Waals surface area contributed by atoms with Gasteiger partial charge >= 0.3 is 17.9 Å². The molecule has 10 heteroatoms. The maximum absolute atomic E-state index is 11.7. The summed E-state index contributed by atoms with van der Waals surface area (Å²) in [4.78, 5) is 34.8. The molecule has 16 aliphatic rings. The Bertz CT molecular complexity index is 1750. The Hall–Kier alpha value is -2.72. The lowest BCUT2D eigenvalue weighted by molar-refractivity contribution is -0.183. The standard InChI is InChI=1S/2C14H20O2.C13H18O2.C12H18O3S/c2*1-9(2)13(15)16-14-6-10-3-11(7-14)5-12(4-10)8-14;1-2-12(14)15-13-6-9-3-10(7-13)5-11(4-9)8-13;1-2-16(13,14)15-12-6-9-3-10(7-12)5-11(4-9)8-12/h2*10-12H,1,3-8H2,2H3;2,9-11H,1,3-8H2;2,9-11H,1,3-8H2. The monoisotopic (exact) mass is 889 g/mol. The molecule has 0 aliphatic heterocycles. The van der Waals surface area contributed by atoms with Crippen molar-refractivity contribution in [3.63, 3.8) is 0 Å². The third-order valence-corrected chi connectivity index (χ3v) is 19.2. The maximum Gasteiger partial charge on any atom is 0.333 e. The van der Waals surface area contributed by atoms with Gasteiger partial charge in [0.25, 0.3) is 10.1 Å². The molecule has 0 aromatic rings.